The van der Waals surface area contributed by atoms with Crippen LogP contribution in [0.2, 0.25) is 10.0 Å². The summed E-state index contributed by atoms with van der Waals surface area (Å²) in [6, 6.07) is 5.15. The van der Waals surface area contributed by atoms with Crippen molar-refractivity contribution in [2.24, 2.45) is 14.1 Å². The number of likely N-dealkylation sites (N-methyl/N-ethyl adjacent to an activating group) is 1. The van der Waals surface area contributed by atoms with Gasteiger partial charge in [0.1, 0.15) is 6.54 Å². The first-order chi connectivity index (χ1) is 13.1. The number of hydrogen-bond acceptors (Lipinski definition) is 4. The fraction of sp³-hybridized carbons (Fsp3) is 0.294. The number of nitrogens with zero attached hydrogens (tertiary/aromatic N) is 5. The van der Waals surface area contributed by atoms with Crippen molar-refractivity contribution in [3.05, 3.63) is 59.4 Å². The van der Waals surface area contributed by atoms with Crippen LogP contribution in [0.15, 0.2) is 32.5 Å². The molecule has 0 unspecified atom stereocenters. The standard InChI is InChI=1S/C17H16BrCl2N5O3/c1-22(7-9-4-5-10(19)11(20)6-9)12(26)8-25-14-13(21-16(25)18)15(27)24(3)17(28)23(14)2/h4-6H,7-8H2,1-3H3. The highest BCUT2D eigenvalue weighted by Gasteiger charge is 2.20. The van der Waals surface area contributed by atoms with E-state index in [9.17, 15) is 14.4 Å². The summed E-state index contributed by atoms with van der Waals surface area (Å²) in [5.41, 5.74) is 0.186. The van der Waals surface area contributed by atoms with Crippen molar-refractivity contribution in [3.63, 3.8) is 0 Å². The molecule has 0 aliphatic carbocycles. The molecule has 2 aromatic heterocycles. The van der Waals surface area contributed by atoms with Crippen LogP contribution in [0.5, 0.6) is 0 Å². The predicted octanol–water partition coefficient (Wildman–Crippen LogP) is 2.16. The Kier molecular flexibility index (Phi) is 5.69. The second-order valence-electron chi connectivity index (χ2n) is 6.34. The summed E-state index contributed by atoms with van der Waals surface area (Å²) < 4.78 is 4.05. The fourth-order valence-corrected chi connectivity index (χ4v) is 3.65. The molecule has 2 heterocycles. The Bertz CT molecular complexity index is 1210. The van der Waals surface area contributed by atoms with E-state index in [0.717, 1.165) is 10.1 Å². The van der Waals surface area contributed by atoms with Crippen molar-refractivity contribution in [1.82, 2.24) is 23.6 Å². The molecule has 11 heteroatoms. The number of aromatic nitrogens is 4. The average molecular weight is 489 g/mol. The topological polar surface area (TPSA) is 82.1 Å². The van der Waals surface area contributed by atoms with Gasteiger partial charge in [-0.2, -0.15) is 0 Å². The van der Waals surface area contributed by atoms with Crippen LogP contribution in [0.25, 0.3) is 11.2 Å². The van der Waals surface area contributed by atoms with Crippen LogP contribution < -0.4 is 11.2 Å². The predicted molar refractivity (Wildman–Crippen MR) is 111 cm³/mol. The summed E-state index contributed by atoms with van der Waals surface area (Å²) in [6.07, 6.45) is 0. The van der Waals surface area contributed by atoms with Crippen LogP contribution in [-0.2, 0) is 32.0 Å². The molecule has 0 radical (unpaired) electrons. The number of halogens is 3. The lowest BCUT2D eigenvalue weighted by atomic mass is 10.2. The Hall–Kier alpha value is -2.10. The SMILES string of the molecule is CN(Cc1ccc(Cl)c(Cl)c1)C(=O)Cn1c(Br)nc2c(=O)n(C)c(=O)n(C)c21. The van der Waals surface area contributed by atoms with Crippen molar-refractivity contribution < 1.29 is 4.79 Å². The summed E-state index contributed by atoms with van der Waals surface area (Å²) in [5.74, 6) is -0.237. The molecule has 8 nitrogen and oxygen atoms in total. The third kappa shape index (κ3) is 3.61. The van der Waals surface area contributed by atoms with Gasteiger partial charge in [0.2, 0.25) is 5.91 Å². The van der Waals surface area contributed by atoms with Crippen molar-refractivity contribution in [3.8, 4) is 0 Å². The van der Waals surface area contributed by atoms with E-state index in [-0.39, 0.29) is 28.3 Å². The van der Waals surface area contributed by atoms with Gasteiger partial charge in [0.25, 0.3) is 5.56 Å². The first-order valence-electron chi connectivity index (χ1n) is 8.11. The number of benzene rings is 1. The zero-order chi connectivity index (χ0) is 20.7. The van der Waals surface area contributed by atoms with Crippen LogP contribution in [-0.4, -0.2) is 36.5 Å². The minimum absolute atomic E-state index is 0.102. The average Bonchev–Trinajstić information content (AvgIpc) is 2.97. The largest absolute Gasteiger partial charge is 0.340 e. The molecule has 0 aliphatic heterocycles. The number of rotatable bonds is 4. The van der Waals surface area contributed by atoms with Crippen LogP contribution in [0.4, 0.5) is 0 Å². The van der Waals surface area contributed by atoms with Crippen LogP contribution in [0, 0.1) is 0 Å². The van der Waals surface area contributed by atoms with Crippen LogP contribution >= 0.6 is 39.1 Å². The molecule has 148 valence electrons. The van der Waals surface area contributed by atoms with Gasteiger partial charge in [0, 0.05) is 27.7 Å². The molecule has 3 rings (SSSR count). The highest BCUT2D eigenvalue weighted by molar-refractivity contribution is 9.10. The van der Waals surface area contributed by atoms with Crippen LogP contribution in [0.3, 0.4) is 0 Å². The number of imidazole rings is 1. The number of aryl methyl sites for hydroxylation is 1. The minimum atomic E-state index is -0.519. The third-order valence-corrected chi connectivity index (χ3v) is 5.76. The van der Waals surface area contributed by atoms with Crippen molar-refractivity contribution in [2.75, 3.05) is 7.05 Å². The second kappa shape index (κ2) is 7.73. The maximum Gasteiger partial charge on any atom is 0.332 e. The van der Waals surface area contributed by atoms with Crippen molar-refractivity contribution in [2.45, 2.75) is 13.1 Å². The van der Waals surface area contributed by atoms with E-state index in [0.29, 0.717) is 16.6 Å². The van der Waals surface area contributed by atoms with Crippen molar-refractivity contribution >= 4 is 56.2 Å². The highest BCUT2D eigenvalue weighted by atomic mass is 79.9. The second-order valence-corrected chi connectivity index (χ2v) is 7.87. The van der Waals surface area contributed by atoms with E-state index >= 15 is 0 Å². The van der Waals surface area contributed by atoms with Gasteiger partial charge in [-0.05, 0) is 33.6 Å². The summed E-state index contributed by atoms with van der Waals surface area (Å²) >= 11 is 15.2. The van der Waals surface area contributed by atoms with Gasteiger partial charge in [-0.3, -0.25) is 23.3 Å². The lowest BCUT2D eigenvalue weighted by molar-refractivity contribution is -0.131. The zero-order valence-electron chi connectivity index (χ0n) is 15.2. The first-order valence-corrected chi connectivity index (χ1v) is 9.66. The minimum Gasteiger partial charge on any atom is -0.340 e. The lowest BCUT2D eigenvalue weighted by Crippen LogP contribution is -2.38. The monoisotopic (exact) mass is 487 g/mol. The Labute approximate surface area is 178 Å². The molecule has 0 fully saturated rings. The molecule has 1 aromatic carbocycles. The molecule has 1 amide bonds. The van der Waals surface area contributed by atoms with Crippen LogP contribution in [0.1, 0.15) is 5.56 Å². The first kappa shape index (κ1) is 20.6. The molecule has 0 saturated carbocycles. The summed E-state index contributed by atoms with van der Waals surface area (Å²) in [6.45, 7) is 0.218. The number of carbonyl (C=O) groups excluding carboxylic acids is 1. The third-order valence-electron chi connectivity index (χ3n) is 4.42. The Morgan fingerprint density at radius 3 is 2.50 bits per heavy atom. The van der Waals surface area contributed by atoms with Gasteiger partial charge >= 0.3 is 5.69 Å². The van der Waals surface area contributed by atoms with E-state index in [4.69, 9.17) is 23.2 Å². The summed E-state index contributed by atoms with van der Waals surface area (Å²) in [5, 5.41) is 0.852. The van der Waals surface area contributed by atoms with E-state index in [1.165, 1.54) is 28.1 Å². The van der Waals surface area contributed by atoms with Gasteiger partial charge < -0.3 is 4.90 Å². The van der Waals surface area contributed by atoms with Gasteiger partial charge in [-0.1, -0.05) is 29.3 Å². The molecule has 0 N–H and O–H groups in total. The fourth-order valence-electron chi connectivity index (χ4n) is 2.86. The smallest absolute Gasteiger partial charge is 0.332 e. The van der Waals surface area contributed by atoms with Gasteiger partial charge in [0.15, 0.2) is 15.9 Å². The molecule has 3 aromatic rings. The Morgan fingerprint density at radius 2 is 1.86 bits per heavy atom. The lowest BCUT2D eigenvalue weighted by Gasteiger charge is -2.19. The van der Waals surface area contributed by atoms with E-state index in [2.05, 4.69) is 20.9 Å². The van der Waals surface area contributed by atoms with E-state index < -0.39 is 11.2 Å². The molecule has 0 saturated heterocycles. The van der Waals surface area contributed by atoms with E-state index in [1.54, 1.807) is 25.2 Å². The number of hydrogen-bond donors (Lipinski definition) is 0. The maximum absolute atomic E-state index is 12.7. The molecule has 0 atom stereocenters. The van der Waals surface area contributed by atoms with Gasteiger partial charge in [0.05, 0.1) is 10.0 Å². The van der Waals surface area contributed by atoms with Crippen molar-refractivity contribution in [1.29, 1.82) is 0 Å². The summed E-state index contributed by atoms with van der Waals surface area (Å²) in [4.78, 5) is 43.0. The summed E-state index contributed by atoms with van der Waals surface area (Å²) in [7, 11) is 4.56. The molecule has 0 bridgehead atoms. The normalized spacial score (nSPS) is 11.2. The maximum atomic E-state index is 12.7. The van der Waals surface area contributed by atoms with E-state index in [1.807, 2.05) is 0 Å². The molecule has 28 heavy (non-hydrogen) atoms. The molecular formula is C17H16BrCl2N5O3. The number of amides is 1. The zero-order valence-corrected chi connectivity index (χ0v) is 18.3. The Morgan fingerprint density at radius 1 is 1.18 bits per heavy atom. The number of fused-ring (bicyclic) bond motifs is 1. The molecular weight excluding hydrogens is 473 g/mol. The highest BCUT2D eigenvalue weighted by Crippen LogP contribution is 2.23. The Balaban J connectivity index is 1.92. The number of carbonyl (C=O) groups is 1. The molecule has 0 spiro atoms. The van der Waals surface area contributed by atoms with Gasteiger partial charge in [-0.15, -0.1) is 0 Å². The molecule has 0 aliphatic rings. The van der Waals surface area contributed by atoms with Gasteiger partial charge in [-0.25, -0.2) is 9.78 Å². The quantitative estimate of drug-likeness (QED) is 0.527.